The van der Waals surface area contributed by atoms with Crippen molar-refractivity contribution < 1.29 is 9.53 Å². The minimum Gasteiger partial charge on any atom is -0.458 e. The molecule has 4 aliphatic rings. The van der Waals surface area contributed by atoms with Gasteiger partial charge in [-0.05, 0) is 93.8 Å². The van der Waals surface area contributed by atoms with Crippen LogP contribution in [0.1, 0.15) is 86.5 Å². The quantitative estimate of drug-likeness (QED) is 0.472. The number of rotatable bonds is 4. The molecular weight excluding hydrogens is 308 g/mol. The van der Waals surface area contributed by atoms with E-state index in [4.69, 9.17) is 4.74 Å². The molecule has 0 aromatic heterocycles. The molecule has 0 spiro atoms. The molecule has 0 aromatic rings. The summed E-state index contributed by atoms with van der Waals surface area (Å²) in [6, 6.07) is 0. The van der Waals surface area contributed by atoms with Gasteiger partial charge in [0.1, 0.15) is 5.60 Å². The summed E-state index contributed by atoms with van der Waals surface area (Å²) >= 11 is 0. The zero-order valence-corrected chi connectivity index (χ0v) is 17.2. The van der Waals surface area contributed by atoms with E-state index < -0.39 is 5.41 Å². The summed E-state index contributed by atoms with van der Waals surface area (Å²) < 4.78 is 6.47. The van der Waals surface area contributed by atoms with Crippen molar-refractivity contribution >= 4 is 5.97 Å². The van der Waals surface area contributed by atoms with Crippen LogP contribution in [-0.4, -0.2) is 11.6 Å². The van der Waals surface area contributed by atoms with Crippen molar-refractivity contribution in [2.75, 3.05) is 0 Å². The normalized spacial score (nSPS) is 45.0. The van der Waals surface area contributed by atoms with Crippen molar-refractivity contribution in [3.05, 3.63) is 0 Å². The first-order valence-electron chi connectivity index (χ1n) is 10.8. The summed E-state index contributed by atoms with van der Waals surface area (Å²) in [5.41, 5.74) is -0.398. The Bertz CT molecular complexity index is 557. The lowest BCUT2D eigenvalue weighted by Crippen LogP contribution is -2.49. The van der Waals surface area contributed by atoms with Gasteiger partial charge in [0.2, 0.25) is 0 Å². The fourth-order valence-electron chi connectivity index (χ4n) is 8.01. The average molecular weight is 347 g/mol. The summed E-state index contributed by atoms with van der Waals surface area (Å²) in [6.45, 7) is 13.1. The lowest BCUT2D eigenvalue weighted by Gasteiger charge is -2.46. The Labute approximate surface area is 154 Å². The van der Waals surface area contributed by atoms with Gasteiger partial charge >= 0.3 is 5.97 Å². The maximum atomic E-state index is 13.2. The third-order valence-electron chi connectivity index (χ3n) is 8.32. The van der Waals surface area contributed by atoms with Crippen LogP contribution in [0.15, 0.2) is 0 Å². The highest BCUT2D eigenvalue weighted by atomic mass is 16.6. The van der Waals surface area contributed by atoms with Gasteiger partial charge in [-0.25, -0.2) is 0 Å². The highest BCUT2D eigenvalue weighted by Crippen LogP contribution is 2.71. The molecule has 0 saturated heterocycles. The van der Waals surface area contributed by atoms with E-state index in [-0.39, 0.29) is 17.0 Å². The third kappa shape index (κ3) is 2.69. The summed E-state index contributed by atoms with van der Waals surface area (Å²) in [6.07, 6.45) is 8.77. The van der Waals surface area contributed by atoms with E-state index in [1.54, 1.807) is 0 Å². The van der Waals surface area contributed by atoms with Crippen LogP contribution in [0.4, 0.5) is 0 Å². The third-order valence-corrected chi connectivity index (χ3v) is 8.32. The van der Waals surface area contributed by atoms with Crippen molar-refractivity contribution in [2.45, 2.75) is 92.1 Å². The zero-order valence-electron chi connectivity index (χ0n) is 17.2. The maximum absolute atomic E-state index is 13.2. The van der Waals surface area contributed by atoms with E-state index in [0.29, 0.717) is 5.92 Å². The Kier molecular flexibility index (Phi) is 3.92. The van der Waals surface area contributed by atoms with E-state index in [2.05, 4.69) is 41.5 Å². The Morgan fingerprint density at radius 1 is 1.00 bits per heavy atom. The fourth-order valence-corrected chi connectivity index (χ4v) is 8.01. The fraction of sp³-hybridized carbons (Fsp3) is 0.957. The minimum atomic E-state index is -0.393. The Morgan fingerprint density at radius 2 is 1.64 bits per heavy atom. The van der Waals surface area contributed by atoms with Crippen LogP contribution in [0.2, 0.25) is 0 Å². The molecule has 7 atom stereocenters. The van der Waals surface area contributed by atoms with Gasteiger partial charge < -0.3 is 4.74 Å². The molecule has 7 unspecified atom stereocenters. The minimum absolute atomic E-state index is 0.0523. The maximum Gasteiger partial charge on any atom is 0.312 e. The van der Waals surface area contributed by atoms with Gasteiger partial charge in [-0.1, -0.05) is 27.7 Å². The van der Waals surface area contributed by atoms with Crippen molar-refractivity contribution in [1.82, 2.24) is 0 Å². The first-order valence-corrected chi connectivity index (χ1v) is 10.8. The number of hydrogen-bond donors (Lipinski definition) is 0. The van der Waals surface area contributed by atoms with E-state index in [1.807, 2.05) is 0 Å². The van der Waals surface area contributed by atoms with E-state index in [1.165, 1.54) is 25.7 Å². The molecule has 0 aromatic carbocycles. The molecule has 4 fully saturated rings. The van der Waals surface area contributed by atoms with E-state index >= 15 is 0 Å². The molecule has 2 heteroatoms. The molecule has 0 heterocycles. The van der Waals surface area contributed by atoms with Crippen LogP contribution in [-0.2, 0) is 9.53 Å². The lowest BCUT2D eigenvalue weighted by molar-refractivity contribution is -0.184. The Hall–Kier alpha value is -0.530. The van der Waals surface area contributed by atoms with Crippen LogP contribution in [0.25, 0.3) is 0 Å². The molecule has 0 amide bonds. The van der Waals surface area contributed by atoms with Crippen LogP contribution < -0.4 is 0 Å². The standard InChI is InChI=1S/C23H38O2/c1-7-23(25-20(24)22(5,6)13-21(2,3)4)12-16-11-17(23)19-15-9-8-14(10-15)18(16)19/h14-19H,7-13H2,1-6H3. The second kappa shape index (κ2) is 5.49. The predicted molar refractivity (Wildman–Crippen MR) is 101 cm³/mol. The van der Waals surface area contributed by atoms with Gasteiger partial charge in [0, 0.05) is 5.92 Å². The number of carbonyl (C=O) groups is 1. The van der Waals surface area contributed by atoms with Gasteiger partial charge in [0.05, 0.1) is 5.41 Å². The van der Waals surface area contributed by atoms with Gasteiger partial charge in [0.15, 0.2) is 0 Å². The van der Waals surface area contributed by atoms with Crippen molar-refractivity contribution in [1.29, 1.82) is 0 Å². The van der Waals surface area contributed by atoms with Crippen LogP contribution >= 0.6 is 0 Å². The van der Waals surface area contributed by atoms with Crippen molar-refractivity contribution in [3.8, 4) is 0 Å². The highest BCUT2D eigenvalue weighted by Gasteiger charge is 2.68. The number of hydrogen-bond acceptors (Lipinski definition) is 2. The smallest absolute Gasteiger partial charge is 0.312 e. The van der Waals surface area contributed by atoms with Crippen molar-refractivity contribution in [2.24, 2.45) is 46.3 Å². The molecule has 4 bridgehead atoms. The topological polar surface area (TPSA) is 26.3 Å². The van der Waals surface area contributed by atoms with Crippen LogP contribution in [0.3, 0.4) is 0 Å². The molecule has 0 radical (unpaired) electrons. The Balaban J connectivity index is 1.53. The summed E-state index contributed by atoms with van der Waals surface area (Å²) in [5, 5.41) is 0. The van der Waals surface area contributed by atoms with Crippen LogP contribution in [0, 0.1) is 46.3 Å². The number of carbonyl (C=O) groups excluding carboxylic acids is 1. The number of fused-ring (bicyclic) bond motifs is 9. The molecular formula is C23H38O2. The van der Waals surface area contributed by atoms with Gasteiger partial charge in [0.25, 0.3) is 0 Å². The molecule has 0 N–H and O–H groups in total. The molecule has 4 aliphatic carbocycles. The molecule has 25 heavy (non-hydrogen) atoms. The van der Waals surface area contributed by atoms with Gasteiger partial charge in [-0.15, -0.1) is 0 Å². The lowest BCUT2D eigenvalue weighted by atomic mass is 9.65. The summed E-state index contributed by atoms with van der Waals surface area (Å²) in [5.74, 6) is 5.34. The first kappa shape index (κ1) is 17.9. The summed E-state index contributed by atoms with van der Waals surface area (Å²) in [4.78, 5) is 13.2. The average Bonchev–Trinajstić information content (AvgIpc) is 3.22. The molecule has 4 saturated carbocycles. The van der Waals surface area contributed by atoms with E-state index in [9.17, 15) is 4.79 Å². The van der Waals surface area contributed by atoms with E-state index in [0.717, 1.165) is 48.9 Å². The molecule has 0 aliphatic heterocycles. The number of esters is 1. The molecule has 2 nitrogen and oxygen atoms in total. The zero-order chi connectivity index (χ0) is 18.2. The molecule has 142 valence electrons. The largest absolute Gasteiger partial charge is 0.458 e. The SMILES string of the molecule is CCC1(OC(=O)C(C)(C)CC(C)(C)C)CC2CC1C1C3CCC(C3)C21. The van der Waals surface area contributed by atoms with Crippen LogP contribution in [0.5, 0.6) is 0 Å². The molecule has 4 rings (SSSR count). The first-order chi connectivity index (χ1) is 11.6. The second-order valence-corrected chi connectivity index (χ2v) is 11.7. The van der Waals surface area contributed by atoms with Gasteiger partial charge in [-0.2, -0.15) is 0 Å². The summed E-state index contributed by atoms with van der Waals surface area (Å²) in [7, 11) is 0. The number of ether oxygens (including phenoxy) is 1. The predicted octanol–water partition coefficient (Wildman–Crippen LogP) is 5.84. The highest BCUT2D eigenvalue weighted by molar-refractivity contribution is 5.76. The second-order valence-electron chi connectivity index (χ2n) is 11.7. The van der Waals surface area contributed by atoms with Gasteiger partial charge in [-0.3, -0.25) is 4.79 Å². The monoisotopic (exact) mass is 346 g/mol. The Morgan fingerprint density at radius 3 is 2.24 bits per heavy atom. The van der Waals surface area contributed by atoms with Crippen molar-refractivity contribution in [3.63, 3.8) is 0 Å².